The third-order valence-electron chi connectivity index (χ3n) is 3.87. The highest BCUT2D eigenvalue weighted by molar-refractivity contribution is 7.88. The summed E-state index contributed by atoms with van der Waals surface area (Å²) in [5.74, 6) is 0.297. The monoisotopic (exact) mass is 395 g/mol. The molecule has 0 bridgehead atoms. The average Bonchev–Trinajstić information content (AvgIpc) is 3.07. The van der Waals surface area contributed by atoms with Crippen LogP contribution < -0.4 is 10.6 Å². The summed E-state index contributed by atoms with van der Waals surface area (Å²) in [6.07, 6.45) is 5.08. The van der Waals surface area contributed by atoms with Gasteiger partial charge in [0.05, 0.1) is 12.2 Å². The number of aromatic nitrogens is 1. The van der Waals surface area contributed by atoms with Crippen LogP contribution in [0.2, 0.25) is 0 Å². The smallest absolute Gasteiger partial charge is 0.332 e. The van der Waals surface area contributed by atoms with Gasteiger partial charge in [-0.15, -0.1) is 12.4 Å². The average molecular weight is 396 g/mol. The molecular weight excluding hydrogens is 374 g/mol. The zero-order valence-corrected chi connectivity index (χ0v) is 16.2. The van der Waals surface area contributed by atoms with Crippen molar-refractivity contribution in [3.05, 3.63) is 60.4 Å². The van der Waals surface area contributed by atoms with E-state index in [1.54, 1.807) is 25.5 Å². The van der Waals surface area contributed by atoms with E-state index in [9.17, 15) is 8.42 Å². The number of hydrogen-bond donors (Lipinski definition) is 2. The summed E-state index contributed by atoms with van der Waals surface area (Å²) in [7, 11) is -0.434. The van der Waals surface area contributed by atoms with Crippen molar-refractivity contribution in [2.75, 3.05) is 20.6 Å². The van der Waals surface area contributed by atoms with E-state index in [2.05, 4.69) is 15.6 Å². The molecule has 0 unspecified atom stereocenters. The molecule has 0 atom stereocenters. The van der Waals surface area contributed by atoms with Crippen molar-refractivity contribution in [2.24, 2.45) is 4.99 Å². The summed E-state index contributed by atoms with van der Waals surface area (Å²) in [4.78, 5) is 4.04. The molecule has 2 N–H and O–H groups in total. The van der Waals surface area contributed by atoms with Crippen LogP contribution >= 0.6 is 12.4 Å². The molecular formula is C17H22ClN5O2S. The van der Waals surface area contributed by atoms with Gasteiger partial charge in [0.1, 0.15) is 0 Å². The fourth-order valence-corrected chi connectivity index (χ4v) is 4.25. The Hall–Kier alpha value is -2.29. The minimum absolute atomic E-state index is 0. The van der Waals surface area contributed by atoms with Gasteiger partial charge in [-0.1, -0.05) is 30.3 Å². The maximum Gasteiger partial charge on any atom is 0.332 e. The van der Waals surface area contributed by atoms with Gasteiger partial charge in [-0.25, -0.2) is 8.28 Å². The number of aliphatic imine (C=N–C) groups is 1. The molecule has 2 aromatic rings. The fraction of sp³-hybridized carbons (Fsp3) is 0.235. The summed E-state index contributed by atoms with van der Waals surface area (Å²) < 4.78 is 29.1. The van der Waals surface area contributed by atoms with Crippen LogP contribution in [0.4, 0.5) is 0 Å². The SMILES string of the molecule is CN=C1NC=CCN1S(=O)(=O)n1cc(CNC)cc1-c1ccccc1.Cl. The lowest BCUT2D eigenvalue weighted by molar-refractivity contribution is 0.521. The number of hydrogen-bond acceptors (Lipinski definition) is 4. The van der Waals surface area contributed by atoms with Crippen LogP contribution in [-0.4, -0.2) is 43.3 Å². The summed E-state index contributed by atoms with van der Waals surface area (Å²) in [5.41, 5.74) is 2.35. The summed E-state index contributed by atoms with van der Waals surface area (Å²) in [5, 5.41) is 5.93. The molecule has 1 aromatic carbocycles. The standard InChI is InChI=1S/C17H21N5O2S.ClH/c1-18-12-14-11-16(15-7-4-3-5-8-15)22(13-14)25(23,24)21-10-6-9-20-17(21)19-2;/h3-9,11,13,18H,10,12H2,1-2H3,(H,19,20);1H. The number of nitrogens with one attached hydrogen (secondary N) is 2. The van der Waals surface area contributed by atoms with E-state index in [4.69, 9.17) is 0 Å². The molecule has 0 saturated heterocycles. The molecule has 7 nitrogen and oxygen atoms in total. The van der Waals surface area contributed by atoms with Crippen LogP contribution in [0.1, 0.15) is 5.56 Å². The second-order valence-electron chi connectivity index (χ2n) is 5.56. The van der Waals surface area contributed by atoms with Crippen LogP contribution in [0.15, 0.2) is 59.9 Å². The third kappa shape index (κ3) is 3.77. The highest BCUT2D eigenvalue weighted by Crippen LogP contribution is 2.26. The molecule has 0 spiro atoms. The predicted octanol–water partition coefficient (Wildman–Crippen LogP) is 1.79. The van der Waals surface area contributed by atoms with E-state index in [1.165, 1.54) is 8.28 Å². The van der Waals surface area contributed by atoms with E-state index in [-0.39, 0.29) is 19.0 Å². The van der Waals surface area contributed by atoms with Crippen molar-refractivity contribution in [1.82, 2.24) is 18.9 Å². The van der Waals surface area contributed by atoms with Gasteiger partial charge in [-0.05, 0) is 30.3 Å². The van der Waals surface area contributed by atoms with Gasteiger partial charge in [-0.2, -0.15) is 8.42 Å². The van der Waals surface area contributed by atoms with Crippen molar-refractivity contribution >= 4 is 28.6 Å². The van der Waals surface area contributed by atoms with Crippen molar-refractivity contribution in [3.8, 4) is 11.3 Å². The largest absolute Gasteiger partial charge is 0.332 e. The molecule has 0 amide bonds. The quantitative estimate of drug-likeness (QED) is 0.809. The van der Waals surface area contributed by atoms with Gasteiger partial charge < -0.3 is 10.6 Å². The second kappa shape index (κ2) is 8.39. The molecule has 0 fully saturated rings. The van der Waals surface area contributed by atoms with Crippen LogP contribution in [-0.2, 0) is 16.8 Å². The minimum atomic E-state index is -3.82. The number of nitrogens with zero attached hydrogens (tertiary/aromatic N) is 3. The minimum Gasteiger partial charge on any atom is -0.332 e. The Morgan fingerprint density at radius 1 is 1.27 bits per heavy atom. The van der Waals surface area contributed by atoms with E-state index in [0.717, 1.165) is 11.1 Å². The molecule has 0 saturated carbocycles. The summed E-state index contributed by atoms with van der Waals surface area (Å²) in [6.45, 7) is 0.811. The maximum absolute atomic E-state index is 13.3. The van der Waals surface area contributed by atoms with Crippen LogP contribution in [0.25, 0.3) is 11.3 Å². The molecule has 1 aliphatic rings. The number of guanidine groups is 1. The predicted molar refractivity (Wildman–Crippen MR) is 107 cm³/mol. The lowest BCUT2D eigenvalue weighted by atomic mass is 10.1. The molecule has 26 heavy (non-hydrogen) atoms. The maximum atomic E-state index is 13.3. The first-order valence-corrected chi connectivity index (χ1v) is 9.30. The first-order chi connectivity index (χ1) is 12.1. The van der Waals surface area contributed by atoms with Crippen molar-refractivity contribution < 1.29 is 8.42 Å². The Labute approximate surface area is 160 Å². The molecule has 0 aliphatic carbocycles. The molecule has 1 aromatic heterocycles. The first-order valence-electron chi connectivity index (χ1n) is 7.91. The van der Waals surface area contributed by atoms with E-state index >= 15 is 0 Å². The molecule has 2 heterocycles. The van der Waals surface area contributed by atoms with Gasteiger partial charge in [0, 0.05) is 26.0 Å². The Morgan fingerprint density at radius 2 is 2.00 bits per heavy atom. The number of benzene rings is 1. The second-order valence-corrected chi connectivity index (χ2v) is 7.29. The Balaban J connectivity index is 0.00000243. The molecule has 3 rings (SSSR count). The molecule has 1 aliphatic heterocycles. The van der Waals surface area contributed by atoms with Crippen molar-refractivity contribution in [2.45, 2.75) is 6.54 Å². The zero-order valence-electron chi connectivity index (χ0n) is 14.6. The lowest BCUT2D eigenvalue weighted by Crippen LogP contribution is -2.47. The highest BCUT2D eigenvalue weighted by atomic mass is 35.5. The number of rotatable bonds is 5. The van der Waals surface area contributed by atoms with Crippen molar-refractivity contribution in [3.63, 3.8) is 0 Å². The summed E-state index contributed by atoms with van der Waals surface area (Å²) >= 11 is 0. The van der Waals surface area contributed by atoms with Crippen LogP contribution in [0, 0.1) is 0 Å². The molecule has 9 heteroatoms. The van der Waals surface area contributed by atoms with E-state index in [1.807, 2.05) is 43.4 Å². The summed E-state index contributed by atoms with van der Waals surface area (Å²) in [6, 6.07) is 11.4. The Morgan fingerprint density at radius 3 is 2.65 bits per heavy atom. The molecule has 0 radical (unpaired) electrons. The zero-order chi connectivity index (χ0) is 17.9. The molecule has 140 valence electrons. The van der Waals surface area contributed by atoms with E-state index < -0.39 is 10.2 Å². The fourth-order valence-electron chi connectivity index (χ4n) is 2.73. The third-order valence-corrected chi connectivity index (χ3v) is 5.55. The van der Waals surface area contributed by atoms with Crippen LogP contribution in [0.3, 0.4) is 0 Å². The van der Waals surface area contributed by atoms with Gasteiger partial charge in [0.2, 0.25) is 5.96 Å². The Kier molecular flexibility index (Phi) is 6.47. The van der Waals surface area contributed by atoms with Gasteiger partial charge in [-0.3, -0.25) is 4.99 Å². The van der Waals surface area contributed by atoms with Gasteiger partial charge in [0.15, 0.2) is 0 Å². The normalized spacial score (nSPS) is 15.6. The Bertz CT molecular complexity index is 906. The van der Waals surface area contributed by atoms with Crippen LogP contribution in [0.5, 0.6) is 0 Å². The van der Waals surface area contributed by atoms with Crippen molar-refractivity contribution in [1.29, 1.82) is 0 Å². The highest BCUT2D eigenvalue weighted by Gasteiger charge is 2.30. The van der Waals surface area contributed by atoms with Gasteiger partial charge >= 0.3 is 10.2 Å². The topological polar surface area (TPSA) is 78.7 Å². The first kappa shape index (κ1) is 20.0. The number of halogens is 1. The van der Waals surface area contributed by atoms with Gasteiger partial charge in [0.25, 0.3) is 0 Å². The lowest BCUT2D eigenvalue weighted by Gasteiger charge is -2.27. The van der Waals surface area contributed by atoms with E-state index in [0.29, 0.717) is 18.2 Å².